The summed E-state index contributed by atoms with van der Waals surface area (Å²) in [6, 6.07) is 6.37. The van der Waals surface area contributed by atoms with Crippen molar-refractivity contribution in [2.75, 3.05) is 20.3 Å². The fourth-order valence-corrected chi connectivity index (χ4v) is 1.97. The molecule has 5 heteroatoms. The van der Waals surface area contributed by atoms with Crippen LogP contribution in [-0.2, 0) is 6.54 Å². The smallest absolute Gasteiger partial charge is 0.191 e. The monoisotopic (exact) mass is 321 g/mol. The molecule has 0 saturated carbocycles. The molecule has 0 heterocycles. The van der Waals surface area contributed by atoms with Gasteiger partial charge in [0.05, 0.1) is 20.3 Å². The van der Waals surface area contributed by atoms with E-state index in [1.165, 1.54) is 0 Å². The molecule has 0 fully saturated rings. The molecule has 130 valence electrons. The highest BCUT2D eigenvalue weighted by atomic mass is 16.5. The zero-order chi connectivity index (χ0) is 17.1. The topological polar surface area (TPSA) is 54.9 Å². The van der Waals surface area contributed by atoms with Gasteiger partial charge in [-0.1, -0.05) is 19.9 Å². The van der Waals surface area contributed by atoms with E-state index in [1.54, 1.807) is 7.11 Å². The zero-order valence-corrected chi connectivity index (χ0v) is 15.1. The molecule has 2 N–H and O–H groups in total. The number of nitrogens with one attached hydrogen (secondary N) is 2. The largest absolute Gasteiger partial charge is 0.493 e. The fourth-order valence-electron chi connectivity index (χ4n) is 1.97. The quantitative estimate of drug-likeness (QED) is 0.541. The summed E-state index contributed by atoms with van der Waals surface area (Å²) in [6.07, 6.45) is 2.03. The summed E-state index contributed by atoms with van der Waals surface area (Å²) in [4.78, 5) is 4.64. The van der Waals surface area contributed by atoms with E-state index in [4.69, 9.17) is 9.47 Å². The Morgan fingerprint density at radius 2 is 2.00 bits per heavy atom. The van der Waals surface area contributed by atoms with Gasteiger partial charge in [0.25, 0.3) is 0 Å². The normalized spacial score (nSPS) is 12.7. The van der Waals surface area contributed by atoms with Gasteiger partial charge in [-0.3, -0.25) is 0 Å². The maximum absolute atomic E-state index is 5.68. The van der Waals surface area contributed by atoms with Gasteiger partial charge in [-0.05, 0) is 44.4 Å². The Morgan fingerprint density at radius 3 is 2.61 bits per heavy atom. The Morgan fingerprint density at radius 1 is 1.22 bits per heavy atom. The molecule has 0 aromatic heterocycles. The van der Waals surface area contributed by atoms with Crippen molar-refractivity contribution >= 4 is 5.96 Å². The predicted molar refractivity (Wildman–Crippen MR) is 96.5 cm³/mol. The summed E-state index contributed by atoms with van der Waals surface area (Å²) >= 11 is 0. The molecule has 5 nitrogen and oxygen atoms in total. The number of aliphatic imine (C=N–C) groups is 1. The third-order valence-corrected chi connectivity index (χ3v) is 3.45. The highest BCUT2D eigenvalue weighted by Gasteiger charge is 2.06. The van der Waals surface area contributed by atoms with Gasteiger partial charge in [0, 0.05) is 12.6 Å². The van der Waals surface area contributed by atoms with Crippen LogP contribution in [-0.4, -0.2) is 32.3 Å². The van der Waals surface area contributed by atoms with Gasteiger partial charge in [0.15, 0.2) is 17.5 Å². The first-order valence-electron chi connectivity index (χ1n) is 8.49. The van der Waals surface area contributed by atoms with Crippen LogP contribution < -0.4 is 20.1 Å². The van der Waals surface area contributed by atoms with E-state index in [-0.39, 0.29) is 0 Å². The van der Waals surface area contributed by atoms with Gasteiger partial charge in [0.2, 0.25) is 0 Å². The average Bonchev–Trinajstić information content (AvgIpc) is 2.58. The third-order valence-electron chi connectivity index (χ3n) is 3.45. The summed E-state index contributed by atoms with van der Waals surface area (Å²) in [6.45, 7) is 10.6. The van der Waals surface area contributed by atoms with Crippen LogP contribution in [0.5, 0.6) is 11.5 Å². The number of rotatable bonds is 9. The first-order valence-corrected chi connectivity index (χ1v) is 8.49. The number of methoxy groups -OCH3 is 1. The molecule has 1 aromatic carbocycles. The predicted octanol–water partition coefficient (Wildman–Crippen LogP) is 3.34. The first kappa shape index (κ1) is 19.1. The maximum atomic E-state index is 5.68. The minimum Gasteiger partial charge on any atom is -0.493 e. The molecular formula is C18H31N3O2. The Labute approximate surface area is 140 Å². The van der Waals surface area contributed by atoms with Crippen molar-refractivity contribution in [1.29, 1.82) is 0 Å². The van der Waals surface area contributed by atoms with Crippen molar-refractivity contribution in [3.05, 3.63) is 23.8 Å². The van der Waals surface area contributed by atoms with E-state index in [9.17, 15) is 0 Å². The van der Waals surface area contributed by atoms with E-state index < -0.39 is 0 Å². The van der Waals surface area contributed by atoms with E-state index in [0.29, 0.717) is 19.2 Å². The van der Waals surface area contributed by atoms with Crippen LogP contribution in [0, 0.1) is 0 Å². The standard InChI is InChI=1S/C18H31N3O2/c1-6-11-23-16-10-9-15(12-17(16)22-5)13-20-18(19-8-3)21-14(4)7-2/h9-10,12,14H,6-8,11,13H2,1-5H3,(H2,19,20,21). The SMILES string of the molecule is CCCOc1ccc(CN=C(NCC)NC(C)CC)cc1OC. The van der Waals surface area contributed by atoms with Crippen molar-refractivity contribution < 1.29 is 9.47 Å². The van der Waals surface area contributed by atoms with Crippen LogP contribution >= 0.6 is 0 Å². The maximum Gasteiger partial charge on any atom is 0.191 e. The third kappa shape index (κ3) is 6.80. The molecule has 0 radical (unpaired) electrons. The van der Waals surface area contributed by atoms with Crippen LogP contribution in [0.4, 0.5) is 0 Å². The van der Waals surface area contributed by atoms with Crippen LogP contribution in [0.3, 0.4) is 0 Å². The van der Waals surface area contributed by atoms with Gasteiger partial charge >= 0.3 is 0 Å². The van der Waals surface area contributed by atoms with Gasteiger partial charge < -0.3 is 20.1 Å². The van der Waals surface area contributed by atoms with Crippen molar-refractivity contribution in [2.45, 2.75) is 53.1 Å². The summed E-state index contributed by atoms with van der Waals surface area (Å²) in [5, 5.41) is 6.66. The summed E-state index contributed by atoms with van der Waals surface area (Å²) in [5.74, 6) is 2.38. The molecule has 0 bridgehead atoms. The molecule has 1 atom stereocenters. The summed E-state index contributed by atoms with van der Waals surface area (Å²) in [5.41, 5.74) is 1.09. The van der Waals surface area contributed by atoms with E-state index in [2.05, 4.69) is 43.3 Å². The van der Waals surface area contributed by atoms with Crippen LogP contribution in [0.25, 0.3) is 0 Å². The molecule has 0 saturated heterocycles. The van der Waals surface area contributed by atoms with E-state index in [1.807, 2.05) is 18.2 Å². The van der Waals surface area contributed by atoms with Gasteiger partial charge in [0.1, 0.15) is 0 Å². The second kappa shape index (κ2) is 10.8. The lowest BCUT2D eigenvalue weighted by Crippen LogP contribution is -2.41. The average molecular weight is 321 g/mol. The minimum atomic E-state index is 0.396. The fraction of sp³-hybridized carbons (Fsp3) is 0.611. The molecular weight excluding hydrogens is 290 g/mol. The van der Waals surface area contributed by atoms with Gasteiger partial charge in [-0.2, -0.15) is 0 Å². The van der Waals surface area contributed by atoms with E-state index in [0.717, 1.165) is 42.4 Å². The van der Waals surface area contributed by atoms with Crippen molar-refractivity contribution in [1.82, 2.24) is 10.6 Å². The van der Waals surface area contributed by atoms with Crippen LogP contribution in [0.15, 0.2) is 23.2 Å². The van der Waals surface area contributed by atoms with Crippen LogP contribution in [0.2, 0.25) is 0 Å². The second-order valence-electron chi connectivity index (χ2n) is 5.48. The molecule has 1 unspecified atom stereocenters. The highest BCUT2D eigenvalue weighted by Crippen LogP contribution is 2.28. The molecule has 0 aliphatic rings. The first-order chi connectivity index (χ1) is 11.1. The lowest BCUT2D eigenvalue weighted by atomic mass is 10.2. The minimum absolute atomic E-state index is 0.396. The van der Waals surface area contributed by atoms with Crippen LogP contribution in [0.1, 0.15) is 46.1 Å². The van der Waals surface area contributed by atoms with Crippen molar-refractivity contribution in [2.24, 2.45) is 4.99 Å². The second-order valence-corrected chi connectivity index (χ2v) is 5.48. The number of hydrogen-bond acceptors (Lipinski definition) is 3. The van der Waals surface area contributed by atoms with E-state index >= 15 is 0 Å². The van der Waals surface area contributed by atoms with Gasteiger partial charge in [-0.25, -0.2) is 4.99 Å². The summed E-state index contributed by atoms with van der Waals surface area (Å²) in [7, 11) is 1.66. The Balaban J connectivity index is 2.79. The molecule has 0 aliphatic carbocycles. The zero-order valence-electron chi connectivity index (χ0n) is 15.1. The molecule has 23 heavy (non-hydrogen) atoms. The number of nitrogens with zero attached hydrogens (tertiary/aromatic N) is 1. The van der Waals surface area contributed by atoms with Gasteiger partial charge in [-0.15, -0.1) is 0 Å². The Bertz CT molecular complexity index is 489. The molecule has 0 spiro atoms. The van der Waals surface area contributed by atoms with Crippen molar-refractivity contribution in [3.8, 4) is 11.5 Å². The number of hydrogen-bond donors (Lipinski definition) is 2. The lowest BCUT2D eigenvalue weighted by Gasteiger charge is -2.16. The molecule has 0 aliphatic heterocycles. The lowest BCUT2D eigenvalue weighted by molar-refractivity contribution is 0.294. The molecule has 1 aromatic rings. The summed E-state index contributed by atoms with van der Waals surface area (Å²) < 4.78 is 11.1. The molecule has 0 amide bonds. The number of benzene rings is 1. The highest BCUT2D eigenvalue weighted by molar-refractivity contribution is 5.80. The van der Waals surface area contributed by atoms with Crippen molar-refractivity contribution in [3.63, 3.8) is 0 Å². The Kier molecular flexibility index (Phi) is 8.95. The molecule has 1 rings (SSSR count). The number of guanidine groups is 1. The number of ether oxygens (including phenoxy) is 2. The Hall–Kier alpha value is -1.91.